The molecule has 0 aromatic rings. The Labute approximate surface area is 68.3 Å². The van der Waals surface area contributed by atoms with E-state index in [1.54, 1.807) is 0 Å². The van der Waals surface area contributed by atoms with Crippen molar-refractivity contribution in [3.05, 3.63) is 0 Å². The first kappa shape index (κ1) is 6.47. The summed E-state index contributed by atoms with van der Waals surface area (Å²) in [5.74, 6) is 2.07. The summed E-state index contributed by atoms with van der Waals surface area (Å²) in [5, 5.41) is 0. The summed E-state index contributed by atoms with van der Waals surface area (Å²) in [4.78, 5) is 0. The number of hydrogen-bond acceptors (Lipinski definition) is 1. The molecular weight excluding hydrogens is 134 g/mol. The lowest BCUT2D eigenvalue weighted by molar-refractivity contribution is 0.455. The van der Waals surface area contributed by atoms with Crippen LogP contribution in [0.1, 0.15) is 38.5 Å². The van der Waals surface area contributed by atoms with E-state index in [2.05, 4.69) is 0 Å². The van der Waals surface area contributed by atoms with Crippen LogP contribution in [0.5, 0.6) is 0 Å². The van der Waals surface area contributed by atoms with Gasteiger partial charge in [-0.3, -0.25) is 0 Å². The fourth-order valence-corrected chi connectivity index (χ4v) is 3.54. The highest BCUT2D eigenvalue weighted by Crippen LogP contribution is 2.64. The molecule has 0 amide bonds. The predicted molar refractivity (Wildman–Crippen MR) is 45.1 cm³/mol. The minimum Gasteiger partial charge on any atom is -0.328 e. The van der Waals surface area contributed by atoms with Gasteiger partial charge in [-0.05, 0) is 55.8 Å². The summed E-state index contributed by atoms with van der Waals surface area (Å²) in [7, 11) is 0. The van der Waals surface area contributed by atoms with E-state index in [4.69, 9.17) is 5.73 Å². The Kier molecular flexibility index (Phi) is 1.07. The highest BCUT2D eigenvalue weighted by molar-refractivity contribution is 5.06. The molecule has 1 unspecified atom stereocenters. The summed E-state index contributed by atoms with van der Waals surface area (Å²) in [5.41, 5.74) is 6.80. The minimum absolute atomic E-state index is 0.557. The normalized spacial score (nSPS) is 51.5. The van der Waals surface area contributed by atoms with E-state index < -0.39 is 0 Å². The third-order valence-electron chi connectivity index (χ3n) is 4.23. The van der Waals surface area contributed by atoms with Crippen molar-refractivity contribution in [2.75, 3.05) is 0 Å². The van der Waals surface area contributed by atoms with Crippen molar-refractivity contribution in [1.29, 1.82) is 0 Å². The molecule has 0 aliphatic heterocycles. The second kappa shape index (κ2) is 1.82. The van der Waals surface area contributed by atoms with Gasteiger partial charge in [0, 0.05) is 6.04 Å². The van der Waals surface area contributed by atoms with Crippen molar-refractivity contribution in [3.8, 4) is 0 Å². The monoisotopic (exact) mass is 151 g/mol. The molecule has 3 fully saturated rings. The lowest BCUT2D eigenvalue weighted by Crippen LogP contribution is -2.16. The van der Waals surface area contributed by atoms with Gasteiger partial charge in [-0.15, -0.1) is 0 Å². The van der Waals surface area contributed by atoms with Crippen LogP contribution in [0.2, 0.25) is 0 Å². The fraction of sp³-hybridized carbons (Fsp3) is 1.00. The first-order valence-corrected chi connectivity index (χ1v) is 5.03. The van der Waals surface area contributed by atoms with Gasteiger partial charge in [-0.1, -0.05) is 0 Å². The number of nitrogens with two attached hydrogens (primary N) is 1. The maximum absolute atomic E-state index is 5.93. The molecule has 11 heavy (non-hydrogen) atoms. The molecule has 0 radical (unpaired) electrons. The Morgan fingerprint density at radius 1 is 1.00 bits per heavy atom. The smallest absolute Gasteiger partial charge is 0.00443 e. The fourth-order valence-electron chi connectivity index (χ4n) is 3.54. The molecule has 3 rings (SSSR count). The molecule has 0 heterocycles. The van der Waals surface area contributed by atoms with Crippen LogP contribution < -0.4 is 5.73 Å². The Bertz CT molecular complexity index is 167. The minimum atomic E-state index is 0.557. The Balaban J connectivity index is 1.77. The number of fused-ring (bicyclic) bond motifs is 1. The molecule has 3 aliphatic carbocycles. The van der Waals surface area contributed by atoms with Crippen LogP contribution in [0.25, 0.3) is 0 Å². The van der Waals surface area contributed by atoms with Crippen molar-refractivity contribution >= 4 is 0 Å². The molecule has 0 aromatic heterocycles. The van der Waals surface area contributed by atoms with Crippen molar-refractivity contribution in [2.45, 2.75) is 44.6 Å². The van der Waals surface area contributed by atoms with Gasteiger partial charge in [0.05, 0.1) is 0 Å². The molecule has 2 N–H and O–H groups in total. The zero-order valence-corrected chi connectivity index (χ0v) is 7.05. The molecule has 0 bridgehead atoms. The van der Waals surface area contributed by atoms with Gasteiger partial charge in [-0.2, -0.15) is 0 Å². The van der Waals surface area contributed by atoms with Crippen LogP contribution in [-0.4, -0.2) is 6.04 Å². The maximum atomic E-state index is 5.93. The second-order valence-electron chi connectivity index (χ2n) is 5.16. The summed E-state index contributed by atoms with van der Waals surface area (Å²) < 4.78 is 0. The van der Waals surface area contributed by atoms with Crippen LogP contribution >= 0.6 is 0 Å². The van der Waals surface area contributed by atoms with Crippen molar-refractivity contribution < 1.29 is 0 Å². The van der Waals surface area contributed by atoms with Gasteiger partial charge in [-0.25, -0.2) is 0 Å². The van der Waals surface area contributed by atoms with E-state index in [0.717, 1.165) is 17.3 Å². The standard InChI is InChI=1S/C10H17N/c11-9-3-7-5-10(1-2-10)6-8(7)4-9/h7-9H,1-6,11H2/t7-,8+,9?. The lowest BCUT2D eigenvalue weighted by Gasteiger charge is -2.08. The topological polar surface area (TPSA) is 26.0 Å². The molecule has 3 atom stereocenters. The van der Waals surface area contributed by atoms with Gasteiger partial charge >= 0.3 is 0 Å². The van der Waals surface area contributed by atoms with Crippen molar-refractivity contribution in [2.24, 2.45) is 23.0 Å². The Morgan fingerprint density at radius 2 is 1.55 bits per heavy atom. The Hall–Kier alpha value is -0.0400. The van der Waals surface area contributed by atoms with E-state index in [9.17, 15) is 0 Å². The van der Waals surface area contributed by atoms with Crippen LogP contribution in [0.3, 0.4) is 0 Å². The third kappa shape index (κ3) is 0.868. The zero-order valence-electron chi connectivity index (χ0n) is 7.05. The maximum Gasteiger partial charge on any atom is 0.00443 e. The largest absolute Gasteiger partial charge is 0.328 e. The average Bonchev–Trinajstić information content (AvgIpc) is 2.44. The predicted octanol–water partition coefficient (Wildman–Crippen LogP) is 1.91. The molecular formula is C10H17N. The number of hydrogen-bond donors (Lipinski definition) is 1. The van der Waals surface area contributed by atoms with Crippen LogP contribution in [0.15, 0.2) is 0 Å². The molecule has 3 saturated carbocycles. The summed E-state index contributed by atoms with van der Waals surface area (Å²) in [6.07, 6.45) is 8.82. The molecule has 1 nitrogen and oxygen atoms in total. The van der Waals surface area contributed by atoms with Gasteiger partial charge in [0.25, 0.3) is 0 Å². The molecule has 1 spiro atoms. The van der Waals surface area contributed by atoms with Crippen molar-refractivity contribution in [1.82, 2.24) is 0 Å². The molecule has 0 saturated heterocycles. The Morgan fingerprint density at radius 3 is 2.00 bits per heavy atom. The first-order chi connectivity index (χ1) is 5.27. The van der Waals surface area contributed by atoms with E-state index in [0.29, 0.717) is 6.04 Å². The van der Waals surface area contributed by atoms with Gasteiger partial charge in [0.1, 0.15) is 0 Å². The summed E-state index contributed by atoms with van der Waals surface area (Å²) in [6, 6.07) is 0.557. The first-order valence-electron chi connectivity index (χ1n) is 5.03. The van der Waals surface area contributed by atoms with E-state index in [1.807, 2.05) is 0 Å². The SMILES string of the molecule is NC1C[C@@H]2CC3(CC3)C[C@@H]2C1. The van der Waals surface area contributed by atoms with Crippen LogP contribution in [-0.2, 0) is 0 Å². The average molecular weight is 151 g/mol. The van der Waals surface area contributed by atoms with Gasteiger partial charge < -0.3 is 5.73 Å². The number of rotatable bonds is 0. The van der Waals surface area contributed by atoms with E-state index >= 15 is 0 Å². The third-order valence-corrected chi connectivity index (χ3v) is 4.23. The lowest BCUT2D eigenvalue weighted by atomic mass is 10.00. The summed E-state index contributed by atoms with van der Waals surface area (Å²) in [6.45, 7) is 0. The molecule has 1 heteroatoms. The van der Waals surface area contributed by atoms with E-state index in [1.165, 1.54) is 38.5 Å². The summed E-state index contributed by atoms with van der Waals surface area (Å²) >= 11 is 0. The second-order valence-corrected chi connectivity index (χ2v) is 5.16. The highest BCUT2D eigenvalue weighted by atomic mass is 14.7. The van der Waals surface area contributed by atoms with Gasteiger partial charge in [0.15, 0.2) is 0 Å². The zero-order chi connectivity index (χ0) is 7.47. The van der Waals surface area contributed by atoms with Gasteiger partial charge in [0.2, 0.25) is 0 Å². The van der Waals surface area contributed by atoms with Crippen LogP contribution in [0, 0.1) is 17.3 Å². The molecule has 62 valence electrons. The van der Waals surface area contributed by atoms with Crippen molar-refractivity contribution in [3.63, 3.8) is 0 Å². The van der Waals surface area contributed by atoms with E-state index in [-0.39, 0.29) is 0 Å². The highest BCUT2D eigenvalue weighted by Gasteiger charge is 2.54. The van der Waals surface area contributed by atoms with Crippen LogP contribution in [0.4, 0.5) is 0 Å². The molecule has 3 aliphatic rings. The molecule has 0 aromatic carbocycles. The quantitative estimate of drug-likeness (QED) is 0.562.